The lowest BCUT2D eigenvalue weighted by molar-refractivity contribution is 0.100. The van der Waals surface area contributed by atoms with Crippen LogP contribution in [-0.4, -0.2) is 23.5 Å². The molecule has 1 aromatic heterocycles. The molecule has 0 bridgehead atoms. The number of nitrogens with two attached hydrogens (primary N) is 1. The normalized spacial score (nSPS) is 11.7. The zero-order chi connectivity index (χ0) is 15.2. The zero-order valence-electron chi connectivity index (χ0n) is 12.2. The summed E-state index contributed by atoms with van der Waals surface area (Å²) in [4.78, 5) is 15.5. The molecule has 0 saturated heterocycles. The molecule has 5 nitrogen and oxygen atoms in total. The van der Waals surface area contributed by atoms with E-state index in [2.05, 4.69) is 10.3 Å². The first-order valence-corrected chi connectivity index (χ1v) is 6.77. The third-order valence-corrected chi connectivity index (χ3v) is 2.98. The molecule has 110 valence electrons. The van der Waals surface area contributed by atoms with E-state index in [0.717, 1.165) is 5.75 Å². The van der Waals surface area contributed by atoms with Crippen LogP contribution in [-0.2, 0) is 0 Å². The Morgan fingerprint density at radius 1 is 1.33 bits per heavy atom. The highest BCUT2D eigenvalue weighted by Gasteiger charge is 2.11. The molecule has 3 N–H and O–H groups in total. The van der Waals surface area contributed by atoms with Crippen LogP contribution in [0.25, 0.3) is 0 Å². The topological polar surface area (TPSA) is 77.2 Å². The van der Waals surface area contributed by atoms with Gasteiger partial charge in [-0.15, -0.1) is 0 Å². The maximum absolute atomic E-state index is 11.3. The van der Waals surface area contributed by atoms with E-state index in [-0.39, 0.29) is 6.04 Å². The summed E-state index contributed by atoms with van der Waals surface area (Å²) in [6.45, 7) is 4.44. The summed E-state index contributed by atoms with van der Waals surface area (Å²) in [5, 5.41) is 3.14. The molecule has 0 fully saturated rings. The van der Waals surface area contributed by atoms with Gasteiger partial charge in [0.05, 0.1) is 11.6 Å². The number of hydrogen-bond acceptors (Lipinski definition) is 4. The highest BCUT2D eigenvalue weighted by Crippen LogP contribution is 2.14. The van der Waals surface area contributed by atoms with Crippen molar-refractivity contribution in [3.63, 3.8) is 0 Å². The van der Waals surface area contributed by atoms with Gasteiger partial charge >= 0.3 is 0 Å². The second-order valence-corrected chi connectivity index (χ2v) is 4.93. The van der Waals surface area contributed by atoms with E-state index < -0.39 is 5.91 Å². The van der Waals surface area contributed by atoms with Gasteiger partial charge in [-0.3, -0.25) is 4.79 Å². The maximum Gasteiger partial charge on any atom is 0.252 e. The number of amides is 1. The van der Waals surface area contributed by atoms with Crippen molar-refractivity contribution in [2.45, 2.75) is 19.9 Å². The van der Waals surface area contributed by atoms with E-state index in [1.54, 1.807) is 18.3 Å². The van der Waals surface area contributed by atoms with Gasteiger partial charge in [-0.2, -0.15) is 0 Å². The van der Waals surface area contributed by atoms with Crippen LogP contribution >= 0.6 is 0 Å². The van der Waals surface area contributed by atoms with Crippen molar-refractivity contribution in [3.8, 4) is 5.75 Å². The Labute approximate surface area is 124 Å². The number of nitrogens with zero attached hydrogens (tertiary/aromatic N) is 1. The minimum Gasteiger partial charge on any atom is -0.491 e. The summed E-state index contributed by atoms with van der Waals surface area (Å²) in [7, 11) is 0. The van der Waals surface area contributed by atoms with Gasteiger partial charge < -0.3 is 15.8 Å². The molecule has 0 aliphatic heterocycles. The standard InChI is InChI=1S/C16H19N3O2/c1-11-5-7-13(8-6-11)21-10-12(2)19-16-14(15(17)20)4-3-9-18-16/h3-9,12H,10H2,1-2H3,(H2,17,20)(H,18,19). The van der Waals surface area contributed by atoms with Crippen molar-refractivity contribution < 1.29 is 9.53 Å². The third kappa shape index (κ3) is 4.21. The van der Waals surface area contributed by atoms with Crippen LogP contribution in [0.3, 0.4) is 0 Å². The molecule has 1 unspecified atom stereocenters. The number of rotatable bonds is 6. The van der Waals surface area contributed by atoms with Crippen molar-refractivity contribution in [3.05, 3.63) is 53.7 Å². The van der Waals surface area contributed by atoms with Crippen molar-refractivity contribution in [1.82, 2.24) is 4.98 Å². The lowest BCUT2D eigenvalue weighted by Crippen LogP contribution is -2.26. The second-order valence-electron chi connectivity index (χ2n) is 4.93. The highest BCUT2D eigenvalue weighted by atomic mass is 16.5. The molecule has 1 atom stereocenters. The smallest absolute Gasteiger partial charge is 0.252 e. The Bertz CT molecular complexity index is 611. The van der Waals surface area contributed by atoms with Crippen molar-refractivity contribution in [2.24, 2.45) is 5.73 Å². The molecule has 0 spiro atoms. The average molecular weight is 285 g/mol. The molecule has 5 heteroatoms. The van der Waals surface area contributed by atoms with Gasteiger partial charge in [-0.25, -0.2) is 4.98 Å². The van der Waals surface area contributed by atoms with Crippen LogP contribution < -0.4 is 15.8 Å². The van der Waals surface area contributed by atoms with E-state index in [0.29, 0.717) is 18.0 Å². The quantitative estimate of drug-likeness (QED) is 0.854. The Balaban J connectivity index is 1.94. The first-order valence-electron chi connectivity index (χ1n) is 6.77. The van der Waals surface area contributed by atoms with Crippen LogP contribution in [0, 0.1) is 6.92 Å². The number of benzene rings is 1. The number of anilines is 1. The number of aromatic nitrogens is 1. The first kappa shape index (κ1) is 14.8. The summed E-state index contributed by atoms with van der Waals surface area (Å²) in [5.41, 5.74) is 6.88. The predicted molar refractivity (Wildman–Crippen MR) is 82.5 cm³/mol. The number of carbonyl (C=O) groups excluding carboxylic acids is 1. The van der Waals surface area contributed by atoms with Gasteiger partial charge in [0.25, 0.3) is 5.91 Å². The second kappa shape index (κ2) is 6.74. The third-order valence-electron chi connectivity index (χ3n) is 2.98. The van der Waals surface area contributed by atoms with E-state index in [1.165, 1.54) is 5.56 Å². The Kier molecular flexibility index (Phi) is 4.77. The number of nitrogens with one attached hydrogen (secondary N) is 1. The van der Waals surface area contributed by atoms with Gasteiger partial charge in [0, 0.05) is 6.20 Å². The van der Waals surface area contributed by atoms with Crippen LogP contribution in [0.5, 0.6) is 5.75 Å². The summed E-state index contributed by atoms with van der Waals surface area (Å²) in [5.74, 6) is 0.785. The molecule has 21 heavy (non-hydrogen) atoms. The summed E-state index contributed by atoms with van der Waals surface area (Å²) >= 11 is 0. The maximum atomic E-state index is 11.3. The first-order chi connectivity index (χ1) is 10.1. The van der Waals surface area contributed by atoms with Crippen molar-refractivity contribution >= 4 is 11.7 Å². The van der Waals surface area contributed by atoms with E-state index in [4.69, 9.17) is 10.5 Å². The van der Waals surface area contributed by atoms with Gasteiger partial charge in [-0.05, 0) is 38.1 Å². The number of primary amides is 1. The van der Waals surface area contributed by atoms with E-state index >= 15 is 0 Å². The van der Waals surface area contributed by atoms with E-state index in [1.807, 2.05) is 38.1 Å². The lowest BCUT2D eigenvalue weighted by atomic mass is 10.2. The minimum absolute atomic E-state index is 0.0145. The number of hydrogen-bond donors (Lipinski definition) is 2. The number of pyridine rings is 1. The molecular weight excluding hydrogens is 266 g/mol. The van der Waals surface area contributed by atoms with Crippen molar-refractivity contribution in [2.75, 3.05) is 11.9 Å². The Hall–Kier alpha value is -2.56. The van der Waals surface area contributed by atoms with Gasteiger partial charge in [0.2, 0.25) is 0 Å². The fourth-order valence-electron chi connectivity index (χ4n) is 1.85. The van der Waals surface area contributed by atoms with Crippen molar-refractivity contribution in [1.29, 1.82) is 0 Å². The van der Waals surface area contributed by atoms with Gasteiger partial charge in [-0.1, -0.05) is 17.7 Å². The molecule has 1 amide bonds. The molecule has 0 radical (unpaired) electrons. The largest absolute Gasteiger partial charge is 0.491 e. The molecule has 2 rings (SSSR count). The van der Waals surface area contributed by atoms with Crippen LogP contribution in [0.4, 0.5) is 5.82 Å². The van der Waals surface area contributed by atoms with E-state index in [9.17, 15) is 4.79 Å². The fourth-order valence-corrected chi connectivity index (χ4v) is 1.85. The SMILES string of the molecule is Cc1ccc(OCC(C)Nc2ncccc2C(N)=O)cc1. The summed E-state index contributed by atoms with van der Waals surface area (Å²) < 4.78 is 5.69. The van der Waals surface area contributed by atoms with Crippen LogP contribution in [0.1, 0.15) is 22.8 Å². The molecule has 0 saturated carbocycles. The lowest BCUT2D eigenvalue weighted by Gasteiger charge is -2.17. The summed E-state index contributed by atoms with van der Waals surface area (Å²) in [6.07, 6.45) is 1.61. The Morgan fingerprint density at radius 2 is 2.05 bits per heavy atom. The van der Waals surface area contributed by atoms with Crippen LogP contribution in [0.15, 0.2) is 42.6 Å². The molecule has 1 heterocycles. The molecule has 0 aliphatic carbocycles. The average Bonchev–Trinajstić information content (AvgIpc) is 2.47. The molecule has 0 aliphatic rings. The van der Waals surface area contributed by atoms with Gasteiger partial charge in [0.15, 0.2) is 0 Å². The molecule has 2 aromatic rings. The molecular formula is C16H19N3O2. The zero-order valence-corrected chi connectivity index (χ0v) is 12.2. The van der Waals surface area contributed by atoms with Gasteiger partial charge in [0.1, 0.15) is 18.2 Å². The minimum atomic E-state index is -0.503. The predicted octanol–water partition coefficient (Wildman–Crippen LogP) is 2.37. The summed E-state index contributed by atoms with van der Waals surface area (Å²) in [6, 6.07) is 11.2. The Morgan fingerprint density at radius 3 is 2.71 bits per heavy atom. The highest BCUT2D eigenvalue weighted by molar-refractivity contribution is 5.97. The molecule has 1 aromatic carbocycles. The number of carbonyl (C=O) groups is 1. The number of ether oxygens (including phenoxy) is 1. The van der Waals surface area contributed by atoms with Crippen LogP contribution in [0.2, 0.25) is 0 Å². The number of aryl methyl sites for hydroxylation is 1. The monoisotopic (exact) mass is 285 g/mol. The fraction of sp³-hybridized carbons (Fsp3) is 0.250.